The monoisotopic (exact) mass is 207 g/mol. The maximum absolute atomic E-state index is 11.2. The van der Waals surface area contributed by atoms with E-state index in [4.69, 9.17) is 0 Å². The van der Waals surface area contributed by atoms with E-state index in [0.717, 1.165) is 5.56 Å². The number of rotatable bonds is 5. The molecule has 0 aliphatic carbocycles. The lowest BCUT2D eigenvalue weighted by molar-refractivity contribution is -0.121. The summed E-state index contributed by atoms with van der Waals surface area (Å²) in [7, 11) is 1.68. The predicted molar refractivity (Wildman–Crippen MR) is 59.7 cm³/mol. The standard InChI is InChI=1S/C12H17NO2/c1-9(14)12(13-2)11(15)8-10-6-4-3-5-7-10/h3-7,11-13,15H,8H2,1-2H3/t11?,12-/m0/s1. The topological polar surface area (TPSA) is 49.3 Å². The molecule has 0 heterocycles. The zero-order valence-corrected chi connectivity index (χ0v) is 9.10. The second kappa shape index (κ2) is 5.63. The van der Waals surface area contributed by atoms with E-state index in [1.165, 1.54) is 6.92 Å². The third kappa shape index (κ3) is 3.46. The molecule has 0 aromatic heterocycles. The Morgan fingerprint density at radius 1 is 1.40 bits per heavy atom. The van der Waals surface area contributed by atoms with Crippen molar-refractivity contribution in [2.45, 2.75) is 25.5 Å². The number of aliphatic hydroxyl groups excluding tert-OH is 1. The Balaban J connectivity index is 2.62. The van der Waals surface area contributed by atoms with Crippen LogP contribution in [-0.4, -0.2) is 30.1 Å². The Morgan fingerprint density at radius 3 is 2.47 bits per heavy atom. The summed E-state index contributed by atoms with van der Waals surface area (Å²) in [5.74, 6) is -0.0408. The van der Waals surface area contributed by atoms with Gasteiger partial charge >= 0.3 is 0 Å². The fourth-order valence-electron chi connectivity index (χ4n) is 1.64. The van der Waals surface area contributed by atoms with Crippen LogP contribution in [0.5, 0.6) is 0 Å². The molecule has 1 unspecified atom stereocenters. The maximum Gasteiger partial charge on any atom is 0.149 e. The van der Waals surface area contributed by atoms with Crippen LogP contribution in [0.1, 0.15) is 12.5 Å². The van der Waals surface area contributed by atoms with Crippen LogP contribution in [0.2, 0.25) is 0 Å². The van der Waals surface area contributed by atoms with Crippen LogP contribution in [0.3, 0.4) is 0 Å². The molecule has 3 nitrogen and oxygen atoms in total. The Hall–Kier alpha value is -1.19. The van der Waals surface area contributed by atoms with Crippen molar-refractivity contribution in [3.05, 3.63) is 35.9 Å². The molecule has 1 rings (SSSR count). The third-order valence-corrected chi connectivity index (χ3v) is 2.42. The first kappa shape index (κ1) is 11.9. The minimum atomic E-state index is -0.671. The molecular weight excluding hydrogens is 190 g/mol. The first-order chi connectivity index (χ1) is 7.15. The number of hydrogen-bond donors (Lipinski definition) is 2. The Kier molecular flexibility index (Phi) is 4.46. The van der Waals surface area contributed by atoms with Crippen molar-refractivity contribution in [2.24, 2.45) is 0 Å². The largest absolute Gasteiger partial charge is 0.391 e. The summed E-state index contributed by atoms with van der Waals surface area (Å²) in [6, 6.07) is 9.17. The van der Waals surface area contributed by atoms with Gasteiger partial charge in [-0.3, -0.25) is 4.79 Å². The van der Waals surface area contributed by atoms with Crippen molar-refractivity contribution in [1.29, 1.82) is 0 Å². The summed E-state index contributed by atoms with van der Waals surface area (Å²) in [5, 5.41) is 12.7. The van der Waals surface area contributed by atoms with Crippen LogP contribution in [0.4, 0.5) is 0 Å². The molecular formula is C12H17NO2. The van der Waals surface area contributed by atoms with E-state index >= 15 is 0 Å². The summed E-state index contributed by atoms with van der Waals surface area (Å²) in [6.07, 6.45) is -0.179. The normalized spacial score (nSPS) is 14.6. The number of hydrogen-bond acceptors (Lipinski definition) is 3. The fraction of sp³-hybridized carbons (Fsp3) is 0.417. The summed E-state index contributed by atoms with van der Waals surface area (Å²) in [4.78, 5) is 11.2. The van der Waals surface area contributed by atoms with Gasteiger partial charge in [0.1, 0.15) is 5.78 Å². The van der Waals surface area contributed by atoms with E-state index in [1.54, 1.807) is 7.05 Å². The van der Waals surface area contributed by atoms with Crippen LogP contribution < -0.4 is 5.32 Å². The van der Waals surface area contributed by atoms with Gasteiger partial charge in [0, 0.05) is 6.42 Å². The lowest BCUT2D eigenvalue weighted by atomic mass is 10.00. The van der Waals surface area contributed by atoms with Crippen LogP contribution in [0.15, 0.2) is 30.3 Å². The van der Waals surface area contributed by atoms with E-state index in [1.807, 2.05) is 30.3 Å². The van der Waals surface area contributed by atoms with Gasteiger partial charge in [-0.1, -0.05) is 30.3 Å². The smallest absolute Gasteiger partial charge is 0.149 e. The lowest BCUT2D eigenvalue weighted by Gasteiger charge is -2.19. The van der Waals surface area contributed by atoms with Gasteiger partial charge < -0.3 is 10.4 Å². The van der Waals surface area contributed by atoms with E-state index < -0.39 is 12.1 Å². The van der Waals surface area contributed by atoms with Crippen LogP contribution in [-0.2, 0) is 11.2 Å². The average molecular weight is 207 g/mol. The van der Waals surface area contributed by atoms with Crippen molar-refractivity contribution >= 4 is 5.78 Å². The summed E-state index contributed by atoms with van der Waals surface area (Å²) < 4.78 is 0. The van der Waals surface area contributed by atoms with Crippen LogP contribution >= 0.6 is 0 Å². The zero-order valence-electron chi connectivity index (χ0n) is 9.10. The van der Waals surface area contributed by atoms with Gasteiger partial charge in [-0.05, 0) is 19.5 Å². The molecule has 15 heavy (non-hydrogen) atoms. The van der Waals surface area contributed by atoms with Gasteiger partial charge in [-0.15, -0.1) is 0 Å². The highest BCUT2D eigenvalue weighted by molar-refractivity contribution is 5.82. The van der Waals surface area contributed by atoms with E-state index in [-0.39, 0.29) is 5.78 Å². The Morgan fingerprint density at radius 2 is 2.00 bits per heavy atom. The molecule has 0 spiro atoms. The van der Waals surface area contributed by atoms with Crippen molar-refractivity contribution in [2.75, 3.05) is 7.05 Å². The second-order valence-electron chi connectivity index (χ2n) is 3.63. The van der Waals surface area contributed by atoms with Gasteiger partial charge in [0.15, 0.2) is 0 Å². The molecule has 1 aromatic rings. The molecule has 82 valence electrons. The van der Waals surface area contributed by atoms with Crippen molar-refractivity contribution < 1.29 is 9.90 Å². The molecule has 0 bridgehead atoms. The highest BCUT2D eigenvalue weighted by atomic mass is 16.3. The van der Waals surface area contributed by atoms with E-state index in [2.05, 4.69) is 5.32 Å². The molecule has 3 heteroatoms. The van der Waals surface area contributed by atoms with E-state index in [0.29, 0.717) is 6.42 Å². The molecule has 0 saturated carbocycles. The lowest BCUT2D eigenvalue weighted by Crippen LogP contribution is -2.44. The van der Waals surface area contributed by atoms with Crippen molar-refractivity contribution in [3.8, 4) is 0 Å². The number of benzene rings is 1. The molecule has 0 aliphatic heterocycles. The van der Waals surface area contributed by atoms with Gasteiger partial charge in [-0.2, -0.15) is 0 Å². The number of nitrogens with one attached hydrogen (secondary N) is 1. The SMILES string of the molecule is CN[C@@H](C(C)=O)C(O)Cc1ccccc1. The Bertz CT molecular complexity index is 311. The molecule has 2 N–H and O–H groups in total. The van der Waals surface area contributed by atoms with Crippen molar-refractivity contribution in [1.82, 2.24) is 5.32 Å². The van der Waals surface area contributed by atoms with Gasteiger partial charge in [-0.25, -0.2) is 0 Å². The molecule has 0 radical (unpaired) electrons. The zero-order chi connectivity index (χ0) is 11.3. The summed E-state index contributed by atoms with van der Waals surface area (Å²) >= 11 is 0. The molecule has 0 aliphatic rings. The summed E-state index contributed by atoms with van der Waals surface area (Å²) in [6.45, 7) is 1.48. The number of ketones is 1. The van der Waals surface area contributed by atoms with Crippen LogP contribution in [0, 0.1) is 0 Å². The fourth-order valence-corrected chi connectivity index (χ4v) is 1.64. The highest BCUT2D eigenvalue weighted by Gasteiger charge is 2.21. The van der Waals surface area contributed by atoms with E-state index in [9.17, 15) is 9.90 Å². The highest BCUT2D eigenvalue weighted by Crippen LogP contribution is 2.06. The Labute approximate surface area is 90.1 Å². The number of carbonyl (C=O) groups is 1. The molecule has 0 saturated heterocycles. The number of carbonyl (C=O) groups excluding carboxylic acids is 1. The van der Waals surface area contributed by atoms with Gasteiger partial charge in [0.2, 0.25) is 0 Å². The first-order valence-corrected chi connectivity index (χ1v) is 5.05. The molecule has 1 aromatic carbocycles. The minimum absolute atomic E-state index is 0.0408. The number of Topliss-reactive ketones (excluding diaryl/α,β-unsaturated/α-hetero) is 1. The number of aliphatic hydroxyl groups is 1. The second-order valence-corrected chi connectivity index (χ2v) is 3.63. The minimum Gasteiger partial charge on any atom is -0.391 e. The van der Waals surface area contributed by atoms with Crippen molar-refractivity contribution in [3.63, 3.8) is 0 Å². The average Bonchev–Trinajstić information content (AvgIpc) is 2.19. The molecule has 0 amide bonds. The van der Waals surface area contributed by atoms with Crippen LogP contribution in [0.25, 0.3) is 0 Å². The number of likely N-dealkylation sites (N-methyl/N-ethyl adjacent to an activating group) is 1. The molecule has 0 fully saturated rings. The quantitative estimate of drug-likeness (QED) is 0.749. The third-order valence-electron chi connectivity index (χ3n) is 2.42. The maximum atomic E-state index is 11.2. The first-order valence-electron chi connectivity index (χ1n) is 5.05. The van der Waals surface area contributed by atoms with Gasteiger partial charge in [0.25, 0.3) is 0 Å². The molecule has 2 atom stereocenters. The predicted octanol–water partition coefficient (Wildman–Crippen LogP) is 0.767. The van der Waals surface area contributed by atoms with Gasteiger partial charge in [0.05, 0.1) is 12.1 Å². The summed E-state index contributed by atoms with van der Waals surface area (Å²) in [5.41, 5.74) is 1.03.